The van der Waals surface area contributed by atoms with E-state index in [0.717, 1.165) is 21.8 Å². The molecular weight excluding hydrogens is 328 g/mol. The van der Waals surface area contributed by atoms with Gasteiger partial charge in [-0.15, -0.1) is 0 Å². The Kier molecular flexibility index (Phi) is 3.72. The monoisotopic (exact) mass is 343 g/mol. The lowest BCUT2D eigenvalue weighted by Gasteiger charge is -2.20. The molecule has 1 aliphatic rings. The van der Waals surface area contributed by atoms with Crippen LogP contribution in [0.5, 0.6) is 11.8 Å². The van der Waals surface area contributed by atoms with E-state index in [9.17, 15) is 8.78 Å². The number of aryl methyl sites for hydroxylation is 1. The maximum Gasteiger partial charge on any atom is 0.316 e. The van der Waals surface area contributed by atoms with Gasteiger partial charge in [0.05, 0.1) is 6.67 Å². The van der Waals surface area contributed by atoms with Gasteiger partial charge in [-0.2, -0.15) is 13.8 Å². The van der Waals surface area contributed by atoms with Gasteiger partial charge in [0.1, 0.15) is 11.3 Å². The van der Waals surface area contributed by atoms with Crippen LogP contribution in [0.1, 0.15) is 0 Å². The number of fused-ring (bicyclic) bond motifs is 1. The summed E-state index contributed by atoms with van der Waals surface area (Å²) in [4.78, 5) is 11.4. The van der Waals surface area contributed by atoms with Crippen molar-refractivity contribution in [3.63, 3.8) is 0 Å². The second-order valence-corrected chi connectivity index (χ2v) is 5.60. The number of rotatable bonds is 4. The van der Waals surface area contributed by atoms with Gasteiger partial charge >= 0.3 is 12.6 Å². The predicted octanol–water partition coefficient (Wildman–Crippen LogP) is 3.53. The molecule has 8 heteroatoms. The number of hydrogen-bond acceptors (Lipinski definition) is 5. The molecule has 3 aromatic rings. The predicted molar refractivity (Wildman–Crippen MR) is 89.4 cm³/mol. The molecule has 2 aromatic heterocycles. The van der Waals surface area contributed by atoms with E-state index in [0.29, 0.717) is 11.8 Å². The first-order valence-electron chi connectivity index (χ1n) is 7.66. The fourth-order valence-corrected chi connectivity index (χ4v) is 2.64. The number of halogens is 2. The molecule has 0 radical (unpaired) electrons. The molecule has 4 rings (SSSR count). The lowest BCUT2D eigenvalue weighted by atomic mass is 10.3. The molecule has 128 valence electrons. The van der Waals surface area contributed by atoms with Crippen molar-refractivity contribution in [1.82, 2.24) is 19.4 Å². The Balaban J connectivity index is 1.51. The molecule has 0 bridgehead atoms. The van der Waals surface area contributed by atoms with Gasteiger partial charge in [0, 0.05) is 31.3 Å². The smallest absolute Gasteiger partial charge is 0.316 e. The summed E-state index contributed by atoms with van der Waals surface area (Å²) in [6, 6.07) is 11.3. The van der Waals surface area contributed by atoms with E-state index in [1.807, 2.05) is 31.3 Å². The van der Waals surface area contributed by atoms with Crippen molar-refractivity contribution in [3.05, 3.63) is 55.0 Å². The molecule has 0 fully saturated rings. The quantitative estimate of drug-likeness (QED) is 0.678. The van der Waals surface area contributed by atoms with Crippen LogP contribution in [-0.4, -0.2) is 32.7 Å². The van der Waals surface area contributed by atoms with Gasteiger partial charge in [-0.1, -0.05) is 0 Å². The van der Waals surface area contributed by atoms with Gasteiger partial charge in [-0.05, 0) is 36.4 Å². The number of hydrogen-bond donors (Lipinski definition) is 0. The number of alkyl halides is 2. The van der Waals surface area contributed by atoms with Gasteiger partial charge in [-0.25, -0.2) is 4.98 Å². The normalized spacial score (nSPS) is 14.1. The number of benzene rings is 1. The number of pyridine rings is 1. The van der Waals surface area contributed by atoms with E-state index in [2.05, 4.69) is 9.97 Å². The van der Waals surface area contributed by atoms with Crippen LogP contribution in [0.2, 0.25) is 0 Å². The van der Waals surface area contributed by atoms with Crippen molar-refractivity contribution in [3.8, 4) is 11.8 Å². The van der Waals surface area contributed by atoms with Crippen molar-refractivity contribution in [2.24, 2.45) is 7.05 Å². The molecule has 0 unspecified atom stereocenters. The zero-order chi connectivity index (χ0) is 17.4. The molecule has 1 aromatic carbocycles. The summed E-state index contributed by atoms with van der Waals surface area (Å²) in [5.74, 6) is 0.607. The Morgan fingerprint density at radius 1 is 1.12 bits per heavy atom. The largest absolute Gasteiger partial charge is 0.425 e. The molecule has 3 heterocycles. The molecular formula is C17H15F2N5O. The van der Waals surface area contributed by atoms with Crippen LogP contribution < -0.4 is 9.64 Å². The fraction of sp³-hybridized carbons (Fsp3) is 0.176. The van der Waals surface area contributed by atoms with Crippen LogP contribution in [0, 0.1) is 0 Å². The van der Waals surface area contributed by atoms with Crippen LogP contribution >= 0.6 is 0 Å². The van der Waals surface area contributed by atoms with E-state index in [-0.39, 0.29) is 6.67 Å². The van der Waals surface area contributed by atoms with Crippen LogP contribution in [0.15, 0.2) is 55.0 Å². The lowest BCUT2D eigenvalue weighted by Crippen LogP contribution is -2.28. The maximum atomic E-state index is 12.7. The highest BCUT2D eigenvalue weighted by Gasteiger charge is 2.20. The van der Waals surface area contributed by atoms with E-state index < -0.39 is 6.55 Å². The van der Waals surface area contributed by atoms with Gasteiger partial charge in [-0.3, -0.25) is 4.57 Å². The Labute approximate surface area is 142 Å². The Morgan fingerprint density at radius 2 is 1.92 bits per heavy atom. The molecule has 0 saturated carbocycles. The third-order valence-electron chi connectivity index (χ3n) is 3.97. The minimum Gasteiger partial charge on any atom is -0.425 e. The van der Waals surface area contributed by atoms with Crippen LogP contribution in [0.3, 0.4) is 0 Å². The first kappa shape index (κ1) is 15.4. The molecule has 0 aliphatic carbocycles. The molecule has 0 atom stereocenters. The Morgan fingerprint density at radius 3 is 2.60 bits per heavy atom. The fourth-order valence-electron chi connectivity index (χ4n) is 2.64. The summed E-state index contributed by atoms with van der Waals surface area (Å²) in [6.07, 6.45) is 4.70. The third-order valence-corrected chi connectivity index (χ3v) is 3.97. The number of aromatic nitrogens is 3. The second-order valence-electron chi connectivity index (χ2n) is 5.60. The average Bonchev–Trinajstić information content (AvgIpc) is 3.22. The van der Waals surface area contributed by atoms with E-state index in [1.165, 1.54) is 6.20 Å². The van der Waals surface area contributed by atoms with Crippen LogP contribution in [0.25, 0.3) is 11.2 Å². The third kappa shape index (κ3) is 2.86. The number of anilines is 1. The maximum absolute atomic E-state index is 12.7. The summed E-state index contributed by atoms with van der Waals surface area (Å²) >= 11 is 0. The van der Waals surface area contributed by atoms with Crippen molar-refractivity contribution in [2.45, 2.75) is 6.55 Å². The molecule has 1 aliphatic heterocycles. The summed E-state index contributed by atoms with van der Waals surface area (Å²) in [6.45, 7) is -2.39. The van der Waals surface area contributed by atoms with Crippen LogP contribution in [0.4, 0.5) is 14.5 Å². The zero-order valence-corrected chi connectivity index (χ0v) is 13.4. The van der Waals surface area contributed by atoms with Gasteiger partial charge in [0.25, 0.3) is 0 Å². The summed E-state index contributed by atoms with van der Waals surface area (Å²) < 4.78 is 32.9. The molecule has 0 spiro atoms. The van der Waals surface area contributed by atoms with Gasteiger partial charge in [0.15, 0.2) is 5.65 Å². The molecule has 0 amide bonds. The number of ether oxygens (including phenoxy) is 1. The highest BCUT2D eigenvalue weighted by molar-refractivity contribution is 5.71. The van der Waals surface area contributed by atoms with Gasteiger partial charge in [0.2, 0.25) is 0 Å². The van der Waals surface area contributed by atoms with E-state index in [1.54, 1.807) is 34.0 Å². The molecule has 6 nitrogen and oxygen atoms in total. The van der Waals surface area contributed by atoms with E-state index in [4.69, 9.17) is 4.74 Å². The van der Waals surface area contributed by atoms with Crippen molar-refractivity contribution >= 4 is 16.9 Å². The van der Waals surface area contributed by atoms with Crippen molar-refractivity contribution in [2.75, 3.05) is 11.6 Å². The summed E-state index contributed by atoms with van der Waals surface area (Å²) in [5, 5.41) is 0. The molecule has 0 N–H and O–H groups in total. The lowest BCUT2D eigenvalue weighted by molar-refractivity contribution is 0.0124. The van der Waals surface area contributed by atoms with Crippen molar-refractivity contribution in [1.29, 1.82) is 0 Å². The number of imidazole rings is 1. The average molecular weight is 343 g/mol. The Hall–Kier alpha value is -3.16. The number of nitrogens with zero attached hydrogens (tertiary/aromatic N) is 5. The Bertz CT molecular complexity index is 922. The zero-order valence-electron chi connectivity index (χ0n) is 13.4. The van der Waals surface area contributed by atoms with Crippen LogP contribution in [-0.2, 0) is 7.05 Å². The summed E-state index contributed by atoms with van der Waals surface area (Å²) in [7, 11) is 1.83. The first-order chi connectivity index (χ1) is 12.1. The summed E-state index contributed by atoms with van der Waals surface area (Å²) in [5.41, 5.74) is 2.30. The first-order valence-corrected chi connectivity index (χ1v) is 7.66. The molecule has 25 heavy (non-hydrogen) atoms. The van der Waals surface area contributed by atoms with E-state index >= 15 is 0 Å². The highest BCUT2D eigenvalue weighted by atomic mass is 19.3. The topological polar surface area (TPSA) is 46.4 Å². The SMILES string of the molecule is Cn1c(Oc2ccc(N3C=CN(C(F)F)C3)cc2)nc2cccnc21. The van der Waals surface area contributed by atoms with Crippen molar-refractivity contribution < 1.29 is 13.5 Å². The highest BCUT2D eigenvalue weighted by Crippen LogP contribution is 2.27. The van der Waals surface area contributed by atoms with Gasteiger partial charge < -0.3 is 14.5 Å². The second kappa shape index (κ2) is 6.04. The minimum atomic E-state index is -2.50. The molecule has 0 saturated heterocycles. The standard InChI is InChI=1S/C17H15F2N5O/c1-22-15-14(3-2-8-20-15)21-17(22)25-13-6-4-12(5-7-13)23-9-10-24(11-23)16(18)19/h2-10,16H,11H2,1H3. The minimum absolute atomic E-state index is 0.119.